The van der Waals surface area contributed by atoms with Crippen molar-refractivity contribution in [3.8, 4) is 0 Å². The summed E-state index contributed by atoms with van der Waals surface area (Å²) in [6.45, 7) is 16.9. The molecule has 4 aliphatic rings. The molecule has 0 radical (unpaired) electrons. The highest BCUT2D eigenvalue weighted by molar-refractivity contribution is 5.17. The molecule has 0 aromatic carbocycles. The summed E-state index contributed by atoms with van der Waals surface area (Å²) in [5, 5.41) is 44.6. The standard InChI is InChI=1S/C30H52O5/c1-18-9-10-21-20(13-16-29(21,7)33)26(2,3)19(18)11-12-23-28(6)15-14-24(32)27(4,5)35-25(28)22(31)17-30(23,8)34/h9,19-25,31-34H,10-17H2,1-8H3/t19-,20+,21+,22-,23+,24+,25+,28+,29+,30-/m1/s1. The van der Waals surface area contributed by atoms with Gasteiger partial charge in [-0.25, -0.2) is 0 Å². The summed E-state index contributed by atoms with van der Waals surface area (Å²) in [7, 11) is 0. The third-order valence-electron chi connectivity index (χ3n) is 11.4. The maximum Gasteiger partial charge on any atom is 0.0900 e. The van der Waals surface area contributed by atoms with E-state index in [0.717, 1.165) is 38.5 Å². The van der Waals surface area contributed by atoms with Crippen molar-refractivity contribution >= 4 is 0 Å². The molecule has 0 bridgehead atoms. The van der Waals surface area contributed by atoms with E-state index in [2.05, 4.69) is 33.8 Å². The zero-order chi connectivity index (χ0) is 26.2. The van der Waals surface area contributed by atoms with Gasteiger partial charge >= 0.3 is 0 Å². The van der Waals surface area contributed by atoms with Crippen LogP contribution in [0.5, 0.6) is 0 Å². The number of hydrogen-bond acceptors (Lipinski definition) is 5. The van der Waals surface area contributed by atoms with Crippen LogP contribution >= 0.6 is 0 Å². The summed E-state index contributed by atoms with van der Waals surface area (Å²) in [5.74, 6) is 1.11. The molecule has 0 aromatic heterocycles. The Morgan fingerprint density at radius 2 is 1.54 bits per heavy atom. The topological polar surface area (TPSA) is 90.2 Å². The van der Waals surface area contributed by atoms with E-state index in [1.54, 1.807) is 0 Å². The van der Waals surface area contributed by atoms with Crippen LogP contribution in [0.1, 0.15) is 107 Å². The van der Waals surface area contributed by atoms with Crippen molar-refractivity contribution in [2.24, 2.45) is 34.5 Å². The third-order valence-corrected chi connectivity index (χ3v) is 11.4. The van der Waals surface area contributed by atoms with Gasteiger partial charge in [0.25, 0.3) is 0 Å². The van der Waals surface area contributed by atoms with Crippen LogP contribution in [0, 0.1) is 34.5 Å². The summed E-state index contributed by atoms with van der Waals surface area (Å²) in [4.78, 5) is 0. The van der Waals surface area contributed by atoms with Crippen molar-refractivity contribution in [1.29, 1.82) is 0 Å². The average molecular weight is 493 g/mol. The molecule has 10 atom stereocenters. The zero-order valence-corrected chi connectivity index (χ0v) is 23.5. The quantitative estimate of drug-likeness (QED) is 0.417. The molecule has 202 valence electrons. The SMILES string of the molecule is CC1=CC[C@H]2[C@H](CC[C@]2(C)O)C(C)(C)[C@@H]1CC[C@H]1[C@]2(C)CC[C@H](O)C(C)(C)O[C@H]2[C@H](O)C[C@@]1(C)O. The maximum atomic E-state index is 11.7. The van der Waals surface area contributed by atoms with Gasteiger partial charge in [-0.3, -0.25) is 0 Å². The van der Waals surface area contributed by atoms with Crippen molar-refractivity contribution in [3.63, 3.8) is 0 Å². The number of aliphatic hydroxyl groups excluding tert-OH is 2. The van der Waals surface area contributed by atoms with Crippen LogP contribution in [0.25, 0.3) is 0 Å². The van der Waals surface area contributed by atoms with Gasteiger partial charge in [0, 0.05) is 11.8 Å². The lowest BCUT2D eigenvalue weighted by atomic mass is 9.54. The Morgan fingerprint density at radius 3 is 2.20 bits per heavy atom. The Bertz CT molecular complexity index is 827. The molecule has 1 heterocycles. The van der Waals surface area contributed by atoms with Gasteiger partial charge in [0.05, 0.1) is 35.1 Å². The van der Waals surface area contributed by atoms with Gasteiger partial charge in [-0.1, -0.05) is 32.4 Å². The molecular formula is C30H52O5. The van der Waals surface area contributed by atoms with Crippen molar-refractivity contribution in [2.75, 3.05) is 0 Å². The van der Waals surface area contributed by atoms with E-state index in [1.165, 1.54) is 5.57 Å². The summed E-state index contributed by atoms with van der Waals surface area (Å²) < 4.78 is 6.46. The fourth-order valence-corrected chi connectivity index (χ4v) is 9.20. The van der Waals surface area contributed by atoms with Gasteiger partial charge in [-0.05, 0) is 109 Å². The van der Waals surface area contributed by atoms with Crippen LogP contribution < -0.4 is 0 Å². The fraction of sp³-hybridized carbons (Fsp3) is 0.933. The van der Waals surface area contributed by atoms with Gasteiger partial charge in [0.2, 0.25) is 0 Å². The monoisotopic (exact) mass is 492 g/mol. The number of hydrogen-bond donors (Lipinski definition) is 4. The smallest absolute Gasteiger partial charge is 0.0900 e. The largest absolute Gasteiger partial charge is 0.390 e. The molecule has 2 saturated carbocycles. The third kappa shape index (κ3) is 4.56. The predicted octanol–water partition coefficient (Wildman–Crippen LogP) is 4.99. The van der Waals surface area contributed by atoms with Gasteiger partial charge in [0.15, 0.2) is 0 Å². The van der Waals surface area contributed by atoms with Crippen molar-refractivity contribution in [2.45, 2.75) is 142 Å². The Balaban J connectivity index is 1.62. The Morgan fingerprint density at radius 1 is 0.886 bits per heavy atom. The van der Waals surface area contributed by atoms with E-state index in [9.17, 15) is 20.4 Å². The number of rotatable bonds is 3. The Kier molecular flexibility index (Phi) is 6.93. The van der Waals surface area contributed by atoms with Gasteiger partial charge in [-0.15, -0.1) is 0 Å². The van der Waals surface area contributed by atoms with Gasteiger partial charge < -0.3 is 25.2 Å². The maximum absolute atomic E-state index is 11.7. The van der Waals surface area contributed by atoms with E-state index < -0.39 is 40.5 Å². The first kappa shape index (κ1) is 27.6. The lowest BCUT2D eigenvalue weighted by Crippen LogP contribution is -2.62. The molecular weight excluding hydrogens is 440 g/mol. The van der Waals surface area contributed by atoms with Crippen LogP contribution in [0.2, 0.25) is 0 Å². The molecule has 0 spiro atoms. The highest BCUT2D eigenvalue weighted by Gasteiger charge is 2.60. The first-order valence-corrected chi connectivity index (χ1v) is 14.1. The summed E-state index contributed by atoms with van der Waals surface area (Å²) >= 11 is 0. The summed E-state index contributed by atoms with van der Waals surface area (Å²) in [6.07, 6.45) is 6.91. The summed E-state index contributed by atoms with van der Waals surface area (Å²) in [6, 6.07) is 0. The van der Waals surface area contributed by atoms with Crippen molar-refractivity contribution < 1.29 is 25.2 Å². The molecule has 1 saturated heterocycles. The van der Waals surface area contributed by atoms with E-state index in [-0.39, 0.29) is 11.3 Å². The van der Waals surface area contributed by atoms with E-state index in [1.807, 2.05) is 27.7 Å². The zero-order valence-electron chi connectivity index (χ0n) is 23.5. The van der Waals surface area contributed by atoms with Gasteiger partial charge in [0.1, 0.15) is 0 Å². The first-order valence-electron chi connectivity index (χ1n) is 14.1. The molecule has 1 aliphatic heterocycles. The average Bonchev–Trinajstić information content (AvgIpc) is 2.94. The molecule has 3 aliphatic carbocycles. The van der Waals surface area contributed by atoms with E-state index in [4.69, 9.17) is 4.74 Å². The molecule has 3 fully saturated rings. The summed E-state index contributed by atoms with van der Waals surface area (Å²) in [5.41, 5.74) is -1.29. The van der Waals surface area contributed by atoms with Crippen LogP contribution in [-0.4, -0.2) is 55.5 Å². The Hall–Kier alpha value is -0.460. The molecule has 4 N–H and O–H groups in total. The molecule has 5 nitrogen and oxygen atoms in total. The second-order valence-electron chi connectivity index (χ2n) is 14.6. The van der Waals surface area contributed by atoms with Crippen LogP contribution in [-0.2, 0) is 4.74 Å². The van der Waals surface area contributed by atoms with Crippen LogP contribution in [0.4, 0.5) is 0 Å². The molecule has 35 heavy (non-hydrogen) atoms. The highest BCUT2D eigenvalue weighted by Crippen LogP contribution is 2.59. The molecule has 4 rings (SSSR count). The van der Waals surface area contributed by atoms with Crippen molar-refractivity contribution in [1.82, 2.24) is 0 Å². The minimum absolute atomic E-state index is 0.0427. The number of aliphatic hydroxyl groups is 4. The molecule has 0 unspecified atom stereocenters. The lowest BCUT2D eigenvalue weighted by Gasteiger charge is -2.56. The molecule has 5 heteroatoms. The first-order chi connectivity index (χ1) is 15.9. The molecule has 0 amide bonds. The number of fused-ring (bicyclic) bond motifs is 2. The van der Waals surface area contributed by atoms with Crippen LogP contribution in [0.15, 0.2) is 11.6 Å². The van der Waals surface area contributed by atoms with Crippen LogP contribution in [0.3, 0.4) is 0 Å². The normalized spacial score (nSPS) is 51.5. The highest BCUT2D eigenvalue weighted by atomic mass is 16.5. The minimum Gasteiger partial charge on any atom is -0.390 e. The van der Waals surface area contributed by atoms with E-state index >= 15 is 0 Å². The second kappa shape index (κ2) is 8.80. The van der Waals surface area contributed by atoms with Crippen molar-refractivity contribution in [3.05, 3.63) is 11.6 Å². The second-order valence-corrected chi connectivity index (χ2v) is 14.6. The minimum atomic E-state index is -1.00. The van der Waals surface area contributed by atoms with E-state index in [0.29, 0.717) is 30.6 Å². The fourth-order valence-electron chi connectivity index (χ4n) is 9.20. The predicted molar refractivity (Wildman–Crippen MR) is 139 cm³/mol. The number of ether oxygens (including phenoxy) is 1. The number of allylic oxidation sites excluding steroid dienone is 2. The van der Waals surface area contributed by atoms with Gasteiger partial charge in [-0.2, -0.15) is 0 Å². The lowest BCUT2D eigenvalue weighted by molar-refractivity contribution is -0.244. The molecule has 0 aromatic rings. The Labute approximate surface area is 213 Å².